The van der Waals surface area contributed by atoms with Gasteiger partial charge in [0.25, 0.3) is 17.7 Å². The lowest BCUT2D eigenvalue weighted by atomic mass is 10.2. The van der Waals surface area contributed by atoms with Gasteiger partial charge in [0.15, 0.2) is 5.69 Å². The van der Waals surface area contributed by atoms with E-state index in [1.807, 2.05) is 0 Å². The van der Waals surface area contributed by atoms with E-state index in [0.29, 0.717) is 17.9 Å². The minimum absolute atomic E-state index is 0.0325. The molecule has 2 aromatic heterocycles. The molecule has 10 heteroatoms. The lowest BCUT2D eigenvalue weighted by Crippen LogP contribution is -2.27. The number of nitrogens with zero attached hydrogens (tertiary/aromatic N) is 3. The molecule has 0 unspecified atom stereocenters. The second kappa shape index (κ2) is 8.53. The highest BCUT2D eigenvalue weighted by Gasteiger charge is 2.22. The highest BCUT2D eigenvalue weighted by atomic mass is 35.5. The van der Waals surface area contributed by atoms with Crippen LogP contribution in [0.5, 0.6) is 0 Å². The molecule has 0 saturated carbocycles. The Kier molecular flexibility index (Phi) is 5.89. The number of amides is 3. The van der Waals surface area contributed by atoms with Gasteiger partial charge in [-0.3, -0.25) is 23.9 Å². The third-order valence-corrected chi connectivity index (χ3v) is 4.30. The number of imidazole rings is 1. The molecule has 9 nitrogen and oxygen atoms in total. The Morgan fingerprint density at radius 3 is 2.48 bits per heavy atom. The van der Waals surface area contributed by atoms with Crippen molar-refractivity contribution >= 4 is 35.0 Å². The van der Waals surface area contributed by atoms with E-state index in [-0.39, 0.29) is 22.0 Å². The monoisotopic (exact) mass is 412 g/mol. The topological polar surface area (TPSA) is 132 Å². The van der Waals surface area contributed by atoms with Gasteiger partial charge in [-0.05, 0) is 37.3 Å². The second-order valence-corrected chi connectivity index (χ2v) is 6.30. The first kappa shape index (κ1) is 20.0. The highest BCUT2D eigenvalue weighted by molar-refractivity contribution is 6.34. The maximum absolute atomic E-state index is 12.3. The van der Waals surface area contributed by atoms with Gasteiger partial charge in [0.2, 0.25) is 0 Å². The van der Waals surface area contributed by atoms with Gasteiger partial charge in [-0.25, -0.2) is 4.98 Å². The van der Waals surface area contributed by atoms with Gasteiger partial charge in [0.1, 0.15) is 12.0 Å². The zero-order chi connectivity index (χ0) is 21.0. The molecule has 4 N–H and O–H groups in total. The average Bonchev–Trinajstić information content (AvgIpc) is 3.14. The van der Waals surface area contributed by atoms with Gasteiger partial charge in [-0.15, -0.1) is 0 Å². The van der Waals surface area contributed by atoms with Crippen LogP contribution in [-0.4, -0.2) is 38.8 Å². The van der Waals surface area contributed by atoms with Crippen LogP contribution in [0.25, 0.3) is 5.69 Å². The molecule has 3 rings (SSSR count). The number of primary amides is 1. The fourth-order valence-electron chi connectivity index (χ4n) is 2.64. The summed E-state index contributed by atoms with van der Waals surface area (Å²) in [6, 6.07) is 8.09. The van der Waals surface area contributed by atoms with Crippen LogP contribution in [0.1, 0.15) is 38.3 Å². The van der Waals surface area contributed by atoms with Gasteiger partial charge in [-0.1, -0.05) is 11.6 Å². The second-order valence-electron chi connectivity index (χ2n) is 5.89. The van der Waals surface area contributed by atoms with Crippen LogP contribution >= 0.6 is 11.6 Å². The smallest absolute Gasteiger partial charge is 0.272 e. The number of halogens is 1. The zero-order valence-corrected chi connectivity index (χ0v) is 16.1. The van der Waals surface area contributed by atoms with E-state index in [1.54, 1.807) is 31.2 Å². The minimum atomic E-state index is -0.785. The molecule has 148 valence electrons. The Hall–Kier alpha value is -3.72. The normalized spacial score (nSPS) is 10.4. The molecule has 29 heavy (non-hydrogen) atoms. The Morgan fingerprint density at radius 1 is 1.14 bits per heavy atom. The molecule has 0 bridgehead atoms. The van der Waals surface area contributed by atoms with Crippen molar-refractivity contribution in [3.05, 3.63) is 71.0 Å². The molecule has 0 atom stereocenters. The van der Waals surface area contributed by atoms with E-state index in [0.717, 1.165) is 0 Å². The van der Waals surface area contributed by atoms with Crippen molar-refractivity contribution in [2.75, 3.05) is 11.9 Å². The predicted molar refractivity (Wildman–Crippen MR) is 107 cm³/mol. The number of hydrogen-bond acceptors (Lipinski definition) is 5. The number of anilines is 1. The quantitative estimate of drug-likeness (QED) is 0.569. The molecular weight excluding hydrogens is 396 g/mol. The highest BCUT2D eigenvalue weighted by Crippen LogP contribution is 2.20. The van der Waals surface area contributed by atoms with Crippen molar-refractivity contribution < 1.29 is 14.4 Å². The number of pyridine rings is 1. The van der Waals surface area contributed by atoms with Gasteiger partial charge in [0, 0.05) is 30.3 Å². The number of aromatic nitrogens is 3. The summed E-state index contributed by atoms with van der Waals surface area (Å²) in [5.41, 5.74) is 6.65. The third-order valence-electron chi connectivity index (χ3n) is 3.97. The summed E-state index contributed by atoms with van der Waals surface area (Å²) in [5, 5.41) is 5.59. The standard InChI is InChI=1S/C19H17ClN6O3/c1-2-23-19(29)15-16(17(21)27)26(10-24-15)12-5-3-11(4-6-12)25-18(28)13-9-22-8-7-14(13)20/h3-10H,2H2,1H3,(H2,21,27)(H,23,29)(H,25,28). The van der Waals surface area contributed by atoms with Gasteiger partial charge in [0.05, 0.1) is 10.6 Å². The van der Waals surface area contributed by atoms with Gasteiger partial charge >= 0.3 is 0 Å². The summed E-state index contributed by atoms with van der Waals surface area (Å²) in [5.74, 6) is -1.68. The predicted octanol–water partition coefficient (Wildman–Crippen LogP) is 2.02. The van der Waals surface area contributed by atoms with E-state index in [9.17, 15) is 14.4 Å². The van der Waals surface area contributed by atoms with Crippen molar-refractivity contribution in [3.8, 4) is 5.69 Å². The van der Waals surface area contributed by atoms with E-state index in [1.165, 1.54) is 29.4 Å². The number of carbonyl (C=O) groups excluding carboxylic acids is 3. The van der Waals surface area contributed by atoms with Crippen molar-refractivity contribution in [1.29, 1.82) is 0 Å². The lowest BCUT2D eigenvalue weighted by Gasteiger charge is -2.10. The summed E-state index contributed by atoms with van der Waals surface area (Å²) in [4.78, 5) is 44.2. The Balaban J connectivity index is 1.85. The van der Waals surface area contributed by atoms with Crippen LogP contribution < -0.4 is 16.4 Å². The zero-order valence-electron chi connectivity index (χ0n) is 15.3. The third kappa shape index (κ3) is 4.25. The van der Waals surface area contributed by atoms with Crippen LogP contribution in [0.3, 0.4) is 0 Å². The summed E-state index contributed by atoms with van der Waals surface area (Å²) in [6.45, 7) is 2.14. The summed E-state index contributed by atoms with van der Waals surface area (Å²) >= 11 is 6.00. The Bertz CT molecular complexity index is 1080. The number of rotatable bonds is 6. The summed E-state index contributed by atoms with van der Waals surface area (Å²) < 4.78 is 1.41. The molecule has 0 fully saturated rings. The first-order valence-electron chi connectivity index (χ1n) is 8.59. The summed E-state index contributed by atoms with van der Waals surface area (Å²) in [7, 11) is 0. The number of hydrogen-bond donors (Lipinski definition) is 3. The van der Waals surface area contributed by atoms with Crippen LogP contribution in [0, 0.1) is 0 Å². The first-order chi connectivity index (χ1) is 13.9. The maximum Gasteiger partial charge on any atom is 0.272 e. The fourth-order valence-corrected chi connectivity index (χ4v) is 2.83. The number of carbonyl (C=O) groups is 3. The lowest BCUT2D eigenvalue weighted by molar-refractivity contribution is 0.0931. The minimum Gasteiger partial charge on any atom is -0.364 e. The van der Waals surface area contributed by atoms with Crippen LogP contribution in [0.2, 0.25) is 5.02 Å². The van der Waals surface area contributed by atoms with Gasteiger partial charge < -0.3 is 16.4 Å². The van der Waals surface area contributed by atoms with E-state index in [4.69, 9.17) is 17.3 Å². The Labute approximate surface area is 170 Å². The molecule has 2 heterocycles. The number of benzene rings is 1. The first-order valence-corrected chi connectivity index (χ1v) is 8.96. The average molecular weight is 413 g/mol. The van der Waals surface area contributed by atoms with Crippen molar-refractivity contribution in [2.45, 2.75) is 6.92 Å². The molecule has 0 aliphatic rings. The molecule has 0 spiro atoms. The number of nitrogens with one attached hydrogen (secondary N) is 2. The van der Waals surface area contributed by atoms with Crippen molar-refractivity contribution in [1.82, 2.24) is 19.9 Å². The SMILES string of the molecule is CCNC(=O)c1ncn(-c2ccc(NC(=O)c3cnccc3Cl)cc2)c1C(N)=O. The van der Waals surface area contributed by atoms with Gasteiger partial charge in [-0.2, -0.15) is 0 Å². The molecule has 0 aliphatic carbocycles. The molecule has 0 radical (unpaired) electrons. The molecule has 0 saturated heterocycles. The molecule has 3 amide bonds. The molecular formula is C19H17ClN6O3. The van der Waals surface area contributed by atoms with Crippen molar-refractivity contribution in [2.24, 2.45) is 5.73 Å². The molecule has 0 aliphatic heterocycles. The number of nitrogens with two attached hydrogens (primary N) is 1. The van der Waals surface area contributed by atoms with Crippen molar-refractivity contribution in [3.63, 3.8) is 0 Å². The maximum atomic E-state index is 12.3. The largest absolute Gasteiger partial charge is 0.364 e. The van der Waals surface area contributed by atoms with Crippen LogP contribution in [0.4, 0.5) is 5.69 Å². The van der Waals surface area contributed by atoms with Crippen LogP contribution in [0.15, 0.2) is 49.1 Å². The van der Waals surface area contributed by atoms with E-state index < -0.39 is 17.7 Å². The van der Waals surface area contributed by atoms with Crippen LogP contribution in [-0.2, 0) is 0 Å². The molecule has 3 aromatic rings. The fraction of sp³-hybridized carbons (Fsp3) is 0.105. The van der Waals surface area contributed by atoms with E-state index >= 15 is 0 Å². The Morgan fingerprint density at radius 2 is 1.86 bits per heavy atom. The summed E-state index contributed by atoms with van der Waals surface area (Å²) in [6.07, 6.45) is 4.21. The van der Waals surface area contributed by atoms with E-state index in [2.05, 4.69) is 20.6 Å². The molecule has 1 aromatic carbocycles.